The average molecular weight is 473 g/mol. The summed E-state index contributed by atoms with van der Waals surface area (Å²) in [6.45, 7) is 8.37. The zero-order valence-electron chi connectivity index (χ0n) is 17.8. The maximum absolute atomic E-state index is 12.9. The number of hydrogen-bond acceptors (Lipinski definition) is 8. The number of hydrogen-bond donors (Lipinski definition) is 1. The molecule has 0 saturated carbocycles. The molecule has 0 bridgehead atoms. The first kappa shape index (κ1) is 24.4. The lowest BCUT2D eigenvalue weighted by molar-refractivity contribution is -0.117. The second kappa shape index (κ2) is 11.0. The van der Waals surface area contributed by atoms with Gasteiger partial charge in [-0.1, -0.05) is 43.9 Å². The first-order valence-corrected chi connectivity index (χ1v) is 13.3. The van der Waals surface area contributed by atoms with Gasteiger partial charge in [0, 0.05) is 5.75 Å². The van der Waals surface area contributed by atoms with Crippen LogP contribution in [0.3, 0.4) is 0 Å². The molecule has 8 nitrogen and oxygen atoms in total. The number of nitrogens with one attached hydrogen (secondary N) is 1. The van der Waals surface area contributed by atoms with Crippen LogP contribution >= 0.6 is 23.1 Å². The number of thioether (sulfide) groups is 1. The van der Waals surface area contributed by atoms with Crippen LogP contribution in [0.15, 0.2) is 28.6 Å². The van der Waals surface area contributed by atoms with Crippen molar-refractivity contribution in [1.82, 2.24) is 10.2 Å². The van der Waals surface area contributed by atoms with Crippen LogP contribution < -0.4 is 14.4 Å². The minimum atomic E-state index is -3.71. The van der Waals surface area contributed by atoms with E-state index in [0.29, 0.717) is 35.5 Å². The van der Waals surface area contributed by atoms with E-state index in [1.807, 2.05) is 6.92 Å². The Kier molecular flexibility index (Phi) is 8.92. The number of carbonyl (C=O) groups is 1. The lowest BCUT2D eigenvalue weighted by Gasteiger charge is -2.29. The number of ether oxygens (including phenoxy) is 1. The van der Waals surface area contributed by atoms with Gasteiger partial charge in [-0.2, -0.15) is 0 Å². The third kappa shape index (κ3) is 6.85. The van der Waals surface area contributed by atoms with Crippen LogP contribution in [0.25, 0.3) is 0 Å². The van der Waals surface area contributed by atoms with Crippen molar-refractivity contribution in [3.05, 3.63) is 24.3 Å². The van der Waals surface area contributed by atoms with E-state index < -0.39 is 22.0 Å². The Balaban J connectivity index is 2.21. The maximum atomic E-state index is 12.9. The number of sulfonamides is 1. The first-order valence-electron chi connectivity index (χ1n) is 9.65. The van der Waals surface area contributed by atoms with Crippen molar-refractivity contribution < 1.29 is 17.9 Å². The summed E-state index contributed by atoms with van der Waals surface area (Å²) in [7, 11) is -3.71. The molecule has 0 spiro atoms. The smallest absolute Gasteiger partial charge is 0.250 e. The monoisotopic (exact) mass is 472 g/mol. The van der Waals surface area contributed by atoms with Crippen molar-refractivity contribution in [3.63, 3.8) is 0 Å². The summed E-state index contributed by atoms with van der Waals surface area (Å²) >= 11 is 2.86. The third-order valence-corrected chi connectivity index (χ3v) is 7.49. The van der Waals surface area contributed by atoms with Gasteiger partial charge in [0.25, 0.3) is 0 Å². The molecule has 1 heterocycles. The van der Waals surface area contributed by atoms with Gasteiger partial charge >= 0.3 is 0 Å². The largest absolute Gasteiger partial charge is 0.494 e. The van der Waals surface area contributed by atoms with E-state index in [2.05, 4.69) is 29.4 Å². The third-order valence-electron chi connectivity index (χ3n) is 3.91. The Morgan fingerprint density at radius 3 is 2.43 bits per heavy atom. The van der Waals surface area contributed by atoms with Gasteiger partial charge in [-0.15, -0.1) is 10.2 Å². The molecule has 2 rings (SSSR count). The first-order chi connectivity index (χ1) is 14.2. The van der Waals surface area contributed by atoms with Crippen LogP contribution in [0.1, 0.15) is 34.1 Å². The van der Waals surface area contributed by atoms with Crippen LogP contribution in [0.4, 0.5) is 10.8 Å². The number of benzene rings is 1. The maximum Gasteiger partial charge on any atom is 0.250 e. The fourth-order valence-electron chi connectivity index (χ4n) is 2.66. The van der Waals surface area contributed by atoms with E-state index >= 15 is 0 Å². The second-order valence-electron chi connectivity index (χ2n) is 6.98. The lowest BCUT2D eigenvalue weighted by atomic mass is 10.2. The number of anilines is 2. The minimum absolute atomic E-state index is 0.292. The van der Waals surface area contributed by atoms with E-state index in [1.54, 1.807) is 43.0 Å². The summed E-state index contributed by atoms with van der Waals surface area (Å²) in [5.74, 6) is 1.60. The van der Waals surface area contributed by atoms with Gasteiger partial charge in [-0.05, 0) is 43.5 Å². The van der Waals surface area contributed by atoms with Crippen molar-refractivity contribution >= 4 is 49.8 Å². The molecule has 11 heteroatoms. The van der Waals surface area contributed by atoms with Crippen molar-refractivity contribution in [2.45, 2.75) is 44.5 Å². The fourth-order valence-corrected chi connectivity index (χ4v) is 5.60. The molecule has 1 aromatic heterocycles. The van der Waals surface area contributed by atoms with Gasteiger partial charge in [0.05, 0.1) is 18.6 Å². The van der Waals surface area contributed by atoms with Gasteiger partial charge in [-0.3, -0.25) is 14.4 Å². The number of aromatic nitrogens is 2. The topological polar surface area (TPSA) is 101 Å². The standard InChI is InChI=1S/C19H28N4O4S3/c1-6-16(17(24)20-18-21-22-19(29-18)28-12-13(3)4)23(30(5,25)26)14-8-10-15(11-9-14)27-7-2/h8-11,13,16H,6-7,12H2,1-5H3,(H,20,21,24)/t16-/m0/s1. The van der Waals surface area contributed by atoms with Gasteiger partial charge < -0.3 is 4.74 Å². The van der Waals surface area contributed by atoms with E-state index in [9.17, 15) is 13.2 Å². The molecule has 1 atom stereocenters. The summed E-state index contributed by atoms with van der Waals surface area (Å²) < 4.78 is 32.4. The highest BCUT2D eigenvalue weighted by Gasteiger charge is 2.32. The van der Waals surface area contributed by atoms with Gasteiger partial charge in [0.1, 0.15) is 11.8 Å². The molecule has 1 N–H and O–H groups in total. The second-order valence-corrected chi connectivity index (χ2v) is 11.1. The number of rotatable bonds is 11. The van der Waals surface area contributed by atoms with Crippen molar-refractivity contribution in [2.24, 2.45) is 5.92 Å². The predicted octanol–water partition coefficient (Wildman–Crippen LogP) is 3.87. The quantitative estimate of drug-likeness (QED) is 0.391. The molecule has 166 valence electrons. The molecule has 0 aliphatic rings. The Hall–Kier alpha value is -1.85. The fraction of sp³-hybridized carbons (Fsp3) is 0.526. The Labute approximate surface area is 186 Å². The highest BCUT2D eigenvalue weighted by Crippen LogP contribution is 2.29. The SMILES string of the molecule is CCOc1ccc(N([C@@H](CC)C(=O)Nc2nnc(SCC(C)C)s2)S(C)(=O)=O)cc1. The number of amides is 1. The molecular weight excluding hydrogens is 444 g/mol. The highest BCUT2D eigenvalue weighted by atomic mass is 32.2. The van der Waals surface area contributed by atoms with Crippen molar-refractivity contribution in [2.75, 3.05) is 28.2 Å². The molecule has 30 heavy (non-hydrogen) atoms. The van der Waals surface area contributed by atoms with Crippen LogP contribution in [0, 0.1) is 5.92 Å². The molecule has 0 fully saturated rings. The summed E-state index contributed by atoms with van der Waals surface area (Å²) in [6, 6.07) is 5.71. The Morgan fingerprint density at radius 1 is 1.23 bits per heavy atom. The lowest BCUT2D eigenvalue weighted by Crippen LogP contribution is -2.47. The zero-order valence-corrected chi connectivity index (χ0v) is 20.2. The summed E-state index contributed by atoms with van der Waals surface area (Å²) in [5.41, 5.74) is 0.397. The van der Waals surface area contributed by atoms with E-state index in [0.717, 1.165) is 20.7 Å². The van der Waals surface area contributed by atoms with E-state index in [4.69, 9.17) is 4.74 Å². The number of nitrogens with zero attached hydrogens (tertiary/aromatic N) is 3. The molecule has 0 saturated heterocycles. The molecule has 0 radical (unpaired) electrons. The molecule has 1 amide bonds. The van der Waals surface area contributed by atoms with E-state index in [-0.39, 0.29) is 0 Å². The molecule has 0 unspecified atom stereocenters. The van der Waals surface area contributed by atoms with Crippen LogP contribution in [0.5, 0.6) is 5.75 Å². The average Bonchev–Trinajstić information content (AvgIpc) is 3.11. The van der Waals surface area contributed by atoms with E-state index in [1.165, 1.54) is 11.3 Å². The highest BCUT2D eigenvalue weighted by molar-refractivity contribution is 8.01. The minimum Gasteiger partial charge on any atom is -0.494 e. The molecule has 0 aliphatic carbocycles. The van der Waals surface area contributed by atoms with Gasteiger partial charge in [0.2, 0.25) is 21.1 Å². The normalized spacial score (nSPS) is 12.6. The van der Waals surface area contributed by atoms with Gasteiger partial charge in [0.15, 0.2) is 4.34 Å². The van der Waals surface area contributed by atoms with Crippen LogP contribution in [-0.4, -0.2) is 49.2 Å². The summed E-state index contributed by atoms with van der Waals surface area (Å²) in [5, 5.41) is 11.2. The predicted molar refractivity (Wildman–Crippen MR) is 123 cm³/mol. The van der Waals surface area contributed by atoms with Crippen LogP contribution in [0.2, 0.25) is 0 Å². The number of carbonyl (C=O) groups excluding carboxylic acids is 1. The van der Waals surface area contributed by atoms with Crippen LogP contribution in [-0.2, 0) is 14.8 Å². The molecule has 2 aromatic rings. The Bertz CT molecular complexity index is 930. The molecular formula is C19H28N4O4S3. The van der Waals surface area contributed by atoms with Gasteiger partial charge in [-0.25, -0.2) is 8.42 Å². The van der Waals surface area contributed by atoms with Crippen molar-refractivity contribution in [1.29, 1.82) is 0 Å². The Morgan fingerprint density at radius 2 is 1.90 bits per heavy atom. The summed E-state index contributed by atoms with van der Waals surface area (Å²) in [4.78, 5) is 12.9. The van der Waals surface area contributed by atoms with Crippen molar-refractivity contribution in [3.8, 4) is 5.75 Å². The molecule has 0 aliphatic heterocycles. The zero-order chi connectivity index (χ0) is 22.3. The molecule has 1 aromatic carbocycles. The summed E-state index contributed by atoms with van der Waals surface area (Å²) in [6.07, 6.45) is 1.38.